The van der Waals surface area contributed by atoms with Crippen LogP contribution in [0.1, 0.15) is 33.1 Å². The first-order chi connectivity index (χ1) is 5.95. The third kappa shape index (κ3) is 4.47. The minimum Gasteiger partial charge on any atom is -0.271 e. The summed E-state index contributed by atoms with van der Waals surface area (Å²) in [5, 5.41) is 0. The lowest BCUT2D eigenvalue weighted by Gasteiger charge is -2.23. The van der Waals surface area contributed by atoms with E-state index in [4.69, 9.17) is 5.84 Å². The highest BCUT2D eigenvalue weighted by Crippen LogP contribution is 2.26. The zero-order valence-electron chi connectivity index (χ0n) is 7.99. The van der Waals surface area contributed by atoms with Crippen molar-refractivity contribution in [1.82, 2.24) is 5.43 Å². The second-order valence-electron chi connectivity index (χ2n) is 3.18. The first-order valence-electron chi connectivity index (χ1n) is 4.48. The molecule has 0 aromatic heterocycles. The molecule has 0 aromatic carbocycles. The number of halogens is 3. The summed E-state index contributed by atoms with van der Waals surface area (Å²) in [6, 6.07) is -1.57. The zero-order valence-corrected chi connectivity index (χ0v) is 7.99. The van der Waals surface area contributed by atoms with Crippen LogP contribution in [0.15, 0.2) is 0 Å². The van der Waals surface area contributed by atoms with Crippen LogP contribution in [-0.2, 0) is 0 Å². The van der Waals surface area contributed by atoms with Crippen molar-refractivity contribution >= 4 is 0 Å². The van der Waals surface area contributed by atoms with Gasteiger partial charge in [-0.3, -0.25) is 5.84 Å². The standard InChI is InChI=1S/C8H17F3N2/c1-3-6(4-2)5-7(13-12)8(9,10)11/h6-7,13H,3-5,12H2,1-2H3. The van der Waals surface area contributed by atoms with E-state index >= 15 is 0 Å². The molecule has 0 bridgehead atoms. The number of alkyl halides is 3. The fourth-order valence-corrected chi connectivity index (χ4v) is 1.25. The molecular weight excluding hydrogens is 181 g/mol. The van der Waals surface area contributed by atoms with Crippen molar-refractivity contribution in [3.05, 3.63) is 0 Å². The van der Waals surface area contributed by atoms with Gasteiger partial charge in [0, 0.05) is 0 Å². The van der Waals surface area contributed by atoms with E-state index in [-0.39, 0.29) is 12.3 Å². The minimum atomic E-state index is -4.24. The van der Waals surface area contributed by atoms with Gasteiger partial charge in [-0.2, -0.15) is 13.2 Å². The van der Waals surface area contributed by atoms with Crippen molar-refractivity contribution in [2.45, 2.75) is 45.3 Å². The summed E-state index contributed by atoms with van der Waals surface area (Å²) < 4.78 is 36.6. The first-order valence-corrected chi connectivity index (χ1v) is 4.48. The van der Waals surface area contributed by atoms with E-state index in [0.29, 0.717) is 0 Å². The molecule has 0 radical (unpaired) electrons. The van der Waals surface area contributed by atoms with E-state index in [1.807, 2.05) is 19.3 Å². The quantitative estimate of drug-likeness (QED) is 0.525. The van der Waals surface area contributed by atoms with Crippen LogP contribution in [0.5, 0.6) is 0 Å². The van der Waals surface area contributed by atoms with E-state index < -0.39 is 12.2 Å². The maximum Gasteiger partial charge on any atom is 0.405 e. The molecule has 0 aliphatic carbocycles. The third-order valence-corrected chi connectivity index (χ3v) is 2.32. The SMILES string of the molecule is CCC(CC)CC(NN)C(F)(F)F. The van der Waals surface area contributed by atoms with Gasteiger partial charge in [-0.25, -0.2) is 5.43 Å². The number of hydrogen-bond donors (Lipinski definition) is 2. The highest BCUT2D eigenvalue weighted by molar-refractivity contribution is 4.75. The fraction of sp³-hybridized carbons (Fsp3) is 1.00. The Morgan fingerprint density at radius 1 is 1.23 bits per heavy atom. The van der Waals surface area contributed by atoms with E-state index in [2.05, 4.69) is 0 Å². The lowest BCUT2D eigenvalue weighted by atomic mass is 9.95. The molecule has 0 aliphatic rings. The maximum atomic E-state index is 12.2. The number of nitrogens with two attached hydrogens (primary N) is 1. The van der Waals surface area contributed by atoms with Crippen LogP contribution < -0.4 is 11.3 Å². The summed E-state index contributed by atoms with van der Waals surface area (Å²) in [7, 11) is 0. The highest BCUT2D eigenvalue weighted by atomic mass is 19.4. The molecule has 1 atom stereocenters. The molecule has 0 aromatic rings. The molecule has 13 heavy (non-hydrogen) atoms. The number of hydrogen-bond acceptors (Lipinski definition) is 2. The van der Waals surface area contributed by atoms with Crippen LogP contribution in [0.25, 0.3) is 0 Å². The molecule has 0 amide bonds. The van der Waals surface area contributed by atoms with Crippen LogP contribution in [0.3, 0.4) is 0 Å². The van der Waals surface area contributed by atoms with Crippen molar-refractivity contribution in [3.8, 4) is 0 Å². The number of nitrogens with one attached hydrogen (secondary N) is 1. The molecule has 0 saturated carbocycles. The van der Waals surface area contributed by atoms with E-state index in [9.17, 15) is 13.2 Å². The van der Waals surface area contributed by atoms with Gasteiger partial charge >= 0.3 is 6.18 Å². The van der Waals surface area contributed by atoms with Gasteiger partial charge in [0.15, 0.2) is 0 Å². The smallest absolute Gasteiger partial charge is 0.271 e. The summed E-state index contributed by atoms with van der Waals surface area (Å²) >= 11 is 0. The molecule has 5 heteroatoms. The van der Waals surface area contributed by atoms with Gasteiger partial charge in [0.2, 0.25) is 0 Å². The average Bonchev–Trinajstić information content (AvgIpc) is 2.04. The topological polar surface area (TPSA) is 38.0 Å². The Labute approximate surface area is 76.7 Å². The Hall–Kier alpha value is -0.290. The Bertz CT molecular complexity index is 132. The van der Waals surface area contributed by atoms with Gasteiger partial charge in [-0.05, 0) is 12.3 Å². The molecule has 0 heterocycles. The largest absolute Gasteiger partial charge is 0.405 e. The lowest BCUT2D eigenvalue weighted by molar-refractivity contribution is -0.160. The molecule has 1 unspecified atom stereocenters. The second kappa shape index (κ2) is 5.44. The van der Waals surface area contributed by atoms with Crippen molar-refractivity contribution in [1.29, 1.82) is 0 Å². The highest BCUT2D eigenvalue weighted by Gasteiger charge is 2.39. The van der Waals surface area contributed by atoms with E-state index in [0.717, 1.165) is 12.8 Å². The average molecular weight is 198 g/mol. The molecule has 0 fully saturated rings. The Morgan fingerprint density at radius 3 is 1.92 bits per heavy atom. The van der Waals surface area contributed by atoms with Gasteiger partial charge in [0.1, 0.15) is 6.04 Å². The predicted molar refractivity (Wildman–Crippen MR) is 45.9 cm³/mol. The summed E-state index contributed by atoms with van der Waals surface area (Å²) in [6.45, 7) is 3.77. The fourth-order valence-electron chi connectivity index (χ4n) is 1.25. The molecule has 0 spiro atoms. The molecular formula is C8H17F3N2. The van der Waals surface area contributed by atoms with E-state index in [1.165, 1.54) is 0 Å². The van der Waals surface area contributed by atoms with Crippen molar-refractivity contribution < 1.29 is 13.2 Å². The molecule has 80 valence electrons. The summed E-state index contributed by atoms with van der Waals surface area (Å²) in [4.78, 5) is 0. The third-order valence-electron chi connectivity index (χ3n) is 2.32. The Morgan fingerprint density at radius 2 is 1.69 bits per heavy atom. The Kier molecular flexibility index (Phi) is 5.32. The van der Waals surface area contributed by atoms with Crippen LogP contribution in [0.2, 0.25) is 0 Å². The van der Waals surface area contributed by atoms with Gasteiger partial charge in [-0.1, -0.05) is 26.7 Å². The van der Waals surface area contributed by atoms with Gasteiger partial charge < -0.3 is 0 Å². The van der Waals surface area contributed by atoms with Gasteiger partial charge in [-0.15, -0.1) is 0 Å². The summed E-state index contributed by atoms with van der Waals surface area (Å²) in [6.07, 6.45) is -2.67. The maximum absolute atomic E-state index is 12.2. The summed E-state index contributed by atoms with van der Waals surface area (Å²) in [5.41, 5.74) is 1.82. The zero-order chi connectivity index (χ0) is 10.5. The number of rotatable bonds is 5. The minimum absolute atomic E-state index is 0.0625. The number of hydrazine groups is 1. The lowest BCUT2D eigenvalue weighted by Crippen LogP contribution is -2.47. The molecule has 0 saturated heterocycles. The Balaban J connectivity index is 4.11. The summed E-state index contributed by atoms with van der Waals surface area (Å²) in [5.74, 6) is 4.93. The van der Waals surface area contributed by atoms with Crippen LogP contribution in [0, 0.1) is 5.92 Å². The van der Waals surface area contributed by atoms with Crippen molar-refractivity contribution in [2.24, 2.45) is 11.8 Å². The van der Waals surface area contributed by atoms with Crippen molar-refractivity contribution in [2.75, 3.05) is 0 Å². The monoisotopic (exact) mass is 198 g/mol. The van der Waals surface area contributed by atoms with E-state index in [1.54, 1.807) is 0 Å². The first kappa shape index (κ1) is 12.7. The molecule has 2 nitrogen and oxygen atoms in total. The second-order valence-corrected chi connectivity index (χ2v) is 3.18. The van der Waals surface area contributed by atoms with Crippen LogP contribution in [-0.4, -0.2) is 12.2 Å². The van der Waals surface area contributed by atoms with Crippen LogP contribution in [0.4, 0.5) is 13.2 Å². The molecule has 0 aliphatic heterocycles. The normalized spacial score (nSPS) is 15.0. The van der Waals surface area contributed by atoms with Gasteiger partial charge in [0.05, 0.1) is 0 Å². The van der Waals surface area contributed by atoms with Gasteiger partial charge in [0.25, 0.3) is 0 Å². The molecule has 0 rings (SSSR count). The predicted octanol–water partition coefficient (Wildman–Crippen LogP) is 2.21. The molecule has 3 N–H and O–H groups in total. The van der Waals surface area contributed by atoms with Crippen molar-refractivity contribution in [3.63, 3.8) is 0 Å². The van der Waals surface area contributed by atoms with Crippen LogP contribution >= 0.6 is 0 Å².